The van der Waals surface area contributed by atoms with E-state index in [-0.39, 0.29) is 24.8 Å². The molecule has 0 spiro atoms. The number of hydrogen-bond donors (Lipinski definition) is 3. The second kappa shape index (κ2) is 11.8. The van der Waals surface area contributed by atoms with Gasteiger partial charge in [-0.2, -0.15) is 0 Å². The number of carbonyl (C=O) groups is 1. The molecule has 220 valence electrons. The normalized spacial score (nSPS) is 22.9. The Morgan fingerprint density at radius 3 is 2.33 bits per heavy atom. The van der Waals surface area contributed by atoms with E-state index in [0.717, 1.165) is 0 Å². The Morgan fingerprint density at radius 2 is 1.69 bits per heavy atom. The summed E-state index contributed by atoms with van der Waals surface area (Å²) in [6.45, 7) is 6.90. The summed E-state index contributed by atoms with van der Waals surface area (Å²) in [7, 11) is 0. The van der Waals surface area contributed by atoms with E-state index in [1.807, 2.05) is 61.7 Å². The molecule has 1 amide bonds. The number of carbonyl (C=O) groups excluding carboxylic acids is 1. The Kier molecular flexibility index (Phi) is 7.91. The van der Waals surface area contributed by atoms with Gasteiger partial charge in [0.1, 0.15) is 18.0 Å². The number of benzene rings is 2. The monoisotopic (exact) mass is 571 g/mol. The average molecular weight is 572 g/mol. The number of nitrogens with one attached hydrogen (secondary N) is 2. The fourth-order valence-electron chi connectivity index (χ4n) is 5.86. The maximum absolute atomic E-state index is 12.5. The molecule has 0 unspecified atom stereocenters. The molecule has 4 N–H and O–H groups in total. The van der Waals surface area contributed by atoms with Crippen LogP contribution >= 0.6 is 0 Å². The number of rotatable bonds is 10. The van der Waals surface area contributed by atoms with E-state index in [1.165, 1.54) is 11.1 Å². The van der Waals surface area contributed by atoms with Gasteiger partial charge in [-0.15, -0.1) is 0 Å². The minimum Gasteiger partial charge on any atom is -0.367 e. The third-order valence-electron chi connectivity index (χ3n) is 7.69. The number of ether oxygens (including phenoxy) is 3. The van der Waals surface area contributed by atoms with Gasteiger partial charge in [0.2, 0.25) is 5.91 Å². The second-order valence-electron chi connectivity index (χ2n) is 11.1. The van der Waals surface area contributed by atoms with Gasteiger partial charge in [-0.25, -0.2) is 15.0 Å². The van der Waals surface area contributed by atoms with Gasteiger partial charge in [-0.05, 0) is 31.9 Å². The fourth-order valence-corrected chi connectivity index (χ4v) is 5.86. The van der Waals surface area contributed by atoms with Gasteiger partial charge >= 0.3 is 0 Å². The fraction of sp³-hybridized carbons (Fsp3) is 0.419. The Balaban J connectivity index is 1.32. The molecule has 42 heavy (non-hydrogen) atoms. The first kappa shape index (κ1) is 28.2. The number of amides is 1. The summed E-state index contributed by atoms with van der Waals surface area (Å²) >= 11 is 0. The van der Waals surface area contributed by atoms with E-state index >= 15 is 0 Å². The number of aromatic nitrogens is 4. The number of nitrogens with zero attached hydrogens (tertiary/aromatic N) is 4. The van der Waals surface area contributed by atoms with Crippen LogP contribution in [0.3, 0.4) is 0 Å². The molecule has 0 bridgehead atoms. The summed E-state index contributed by atoms with van der Waals surface area (Å²) in [4.78, 5) is 26.6. The van der Waals surface area contributed by atoms with Crippen molar-refractivity contribution in [3.63, 3.8) is 0 Å². The molecule has 2 aliphatic heterocycles. The minimum absolute atomic E-state index is 0.0843. The van der Waals surface area contributed by atoms with E-state index < -0.39 is 30.3 Å². The summed E-state index contributed by atoms with van der Waals surface area (Å²) in [5.74, 6) is 0.229. The van der Waals surface area contributed by atoms with Gasteiger partial charge in [-0.1, -0.05) is 60.7 Å². The first-order chi connectivity index (χ1) is 20.4. The van der Waals surface area contributed by atoms with Crippen LogP contribution in [0.1, 0.15) is 56.3 Å². The second-order valence-corrected chi connectivity index (χ2v) is 11.1. The molecule has 4 atom stereocenters. The van der Waals surface area contributed by atoms with E-state index in [1.54, 1.807) is 6.33 Å². The number of nitrogens with two attached hydrogens (primary N) is 1. The van der Waals surface area contributed by atoms with Gasteiger partial charge in [0.25, 0.3) is 0 Å². The molecule has 2 aliphatic rings. The smallest absolute Gasteiger partial charge is 0.222 e. The molecule has 2 aromatic heterocycles. The van der Waals surface area contributed by atoms with Crippen molar-refractivity contribution in [3.8, 4) is 0 Å². The largest absolute Gasteiger partial charge is 0.367 e. The van der Waals surface area contributed by atoms with Crippen LogP contribution < -0.4 is 16.4 Å². The SMILES string of the molecule is CCNC(=O)C[C@@H]1O[C@@H](n2cnc3c(NCC(c4ccccc4)c4ccccc4)nc(CN)nc32)[C@@H]2OC(C)(C)O[C@H]21. The predicted octanol–water partition coefficient (Wildman–Crippen LogP) is 3.47. The standard InChI is InChI=1S/C31H37N7O4/c1-4-33-24(39)15-22-26-27(42-31(2,3)41-26)30(40-22)38-18-35-25-28(36-23(16-32)37-29(25)38)34-17-21(19-11-7-5-8-12-19)20-13-9-6-10-14-20/h5-14,18,21-22,26-27,30H,4,15-17,32H2,1-3H3,(H,33,39)(H,34,36,37)/t22-,26-,27+,30+/m0/s1. The highest BCUT2D eigenvalue weighted by Gasteiger charge is 2.56. The van der Waals surface area contributed by atoms with E-state index in [4.69, 9.17) is 34.9 Å². The van der Waals surface area contributed by atoms with Crippen LogP contribution in [0.5, 0.6) is 0 Å². The topological polar surface area (TPSA) is 138 Å². The third-order valence-corrected chi connectivity index (χ3v) is 7.69. The third kappa shape index (κ3) is 5.60. The molecule has 11 heteroatoms. The minimum atomic E-state index is -0.818. The van der Waals surface area contributed by atoms with Crippen molar-refractivity contribution >= 4 is 22.9 Å². The van der Waals surface area contributed by atoms with Crippen molar-refractivity contribution in [2.45, 2.75) is 70.0 Å². The Morgan fingerprint density at radius 1 is 1.02 bits per heavy atom. The molecule has 2 fully saturated rings. The number of hydrogen-bond acceptors (Lipinski definition) is 9. The summed E-state index contributed by atoms with van der Waals surface area (Å²) < 4.78 is 20.7. The summed E-state index contributed by atoms with van der Waals surface area (Å²) in [5, 5.41) is 6.38. The molecule has 6 rings (SSSR count). The summed E-state index contributed by atoms with van der Waals surface area (Å²) in [5.41, 5.74) is 9.59. The lowest BCUT2D eigenvalue weighted by molar-refractivity contribution is -0.197. The van der Waals surface area contributed by atoms with Gasteiger partial charge in [0.15, 0.2) is 29.0 Å². The molecule has 2 aromatic carbocycles. The molecule has 2 saturated heterocycles. The maximum atomic E-state index is 12.5. The first-order valence-electron chi connectivity index (χ1n) is 14.4. The van der Waals surface area contributed by atoms with Crippen LogP contribution in [-0.2, 0) is 25.5 Å². The van der Waals surface area contributed by atoms with Crippen LogP contribution in [0, 0.1) is 0 Å². The highest BCUT2D eigenvalue weighted by atomic mass is 16.8. The Bertz CT molecular complexity index is 1490. The Hall–Kier alpha value is -3.90. The van der Waals surface area contributed by atoms with E-state index in [2.05, 4.69) is 34.9 Å². The number of imidazole rings is 1. The van der Waals surface area contributed by atoms with Crippen LogP contribution in [0.2, 0.25) is 0 Å². The summed E-state index contributed by atoms with van der Waals surface area (Å²) in [6, 6.07) is 20.7. The molecule has 0 saturated carbocycles. The number of anilines is 1. The van der Waals surface area contributed by atoms with Crippen molar-refractivity contribution in [1.82, 2.24) is 24.8 Å². The van der Waals surface area contributed by atoms with E-state index in [0.29, 0.717) is 35.9 Å². The summed E-state index contributed by atoms with van der Waals surface area (Å²) in [6.07, 6.45) is -0.122. The molecule has 0 aliphatic carbocycles. The van der Waals surface area contributed by atoms with Crippen LogP contribution in [0.25, 0.3) is 11.2 Å². The Labute approximate surface area is 244 Å². The highest BCUT2D eigenvalue weighted by molar-refractivity contribution is 5.83. The maximum Gasteiger partial charge on any atom is 0.222 e. The first-order valence-corrected chi connectivity index (χ1v) is 14.4. The van der Waals surface area contributed by atoms with Crippen molar-refractivity contribution in [3.05, 3.63) is 83.9 Å². The zero-order valence-electron chi connectivity index (χ0n) is 24.1. The van der Waals surface area contributed by atoms with Crippen LogP contribution in [0.15, 0.2) is 67.0 Å². The molecule has 4 heterocycles. The quantitative estimate of drug-likeness (QED) is 0.261. The molecule has 0 radical (unpaired) electrons. The van der Waals surface area contributed by atoms with Crippen molar-refractivity contribution < 1.29 is 19.0 Å². The predicted molar refractivity (Wildman–Crippen MR) is 157 cm³/mol. The average Bonchev–Trinajstić information content (AvgIpc) is 3.65. The molecular formula is C31H37N7O4. The van der Waals surface area contributed by atoms with Crippen molar-refractivity contribution in [1.29, 1.82) is 0 Å². The lowest BCUT2D eigenvalue weighted by Crippen LogP contribution is -2.35. The lowest BCUT2D eigenvalue weighted by atomic mass is 9.91. The highest BCUT2D eigenvalue weighted by Crippen LogP contribution is 2.44. The molecule has 11 nitrogen and oxygen atoms in total. The van der Waals surface area contributed by atoms with E-state index in [9.17, 15) is 4.79 Å². The van der Waals surface area contributed by atoms with Gasteiger partial charge < -0.3 is 30.6 Å². The molecule has 4 aromatic rings. The van der Waals surface area contributed by atoms with Gasteiger partial charge in [0, 0.05) is 19.0 Å². The van der Waals surface area contributed by atoms with Crippen LogP contribution in [0.4, 0.5) is 5.82 Å². The zero-order valence-corrected chi connectivity index (χ0v) is 24.1. The lowest BCUT2D eigenvalue weighted by Gasteiger charge is -2.24. The molecular weight excluding hydrogens is 534 g/mol. The van der Waals surface area contributed by atoms with Crippen molar-refractivity contribution in [2.24, 2.45) is 5.73 Å². The zero-order chi connectivity index (χ0) is 29.3. The van der Waals surface area contributed by atoms with Gasteiger partial charge in [0.05, 0.1) is 25.4 Å². The van der Waals surface area contributed by atoms with Crippen molar-refractivity contribution in [2.75, 3.05) is 18.4 Å². The van der Waals surface area contributed by atoms with Crippen LogP contribution in [-0.4, -0.2) is 62.6 Å². The van der Waals surface area contributed by atoms with Gasteiger partial charge in [-0.3, -0.25) is 9.36 Å². The number of fused-ring (bicyclic) bond motifs is 2.